The highest BCUT2D eigenvalue weighted by Crippen LogP contribution is 2.66. The summed E-state index contributed by atoms with van der Waals surface area (Å²) in [7, 11) is -6.02. The summed E-state index contributed by atoms with van der Waals surface area (Å²) < 4.78 is 73.2. The molecule has 0 fully saturated rings. The lowest BCUT2D eigenvalue weighted by molar-refractivity contribution is -0.0499. The fourth-order valence-corrected chi connectivity index (χ4v) is 7.71. The Balaban J connectivity index is 1.74. The maximum atomic E-state index is 14.0. The average molecular weight is 626 g/mol. The second kappa shape index (κ2) is 9.72. The summed E-state index contributed by atoms with van der Waals surface area (Å²) in [5.41, 5.74) is 0.476. The minimum Gasteiger partial charge on any atom is -0.375 e. The topological polar surface area (TPSA) is 46.6 Å². The van der Waals surface area contributed by atoms with Crippen LogP contribution in [0.25, 0.3) is 22.3 Å². The van der Waals surface area contributed by atoms with Gasteiger partial charge in [-0.05, 0) is 57.6 Å². The molecule has 0 aliphatic heterocycles. The zero-order valence-electron chi connectivity index (χ0n) is 25.1. The Bertz CT molecular complexity index is 1960. The molecule has 0 atom stereocenters. The van der Waals surface area contributed by atoms with Gasteiger partial charge >= 0.3 is 15.6 Å². The Morgan fingerprint density at radius 3 is 1.38 bits per heavy atom. The maximum absolute atomic E-state index is 14.0. The predicted octanol–water partition coefficient (Wildman–Crippen LogP) is 10.00. The molecule has 0 spiro atoms. The second-order valence-electron chi connectivity index (χ2n) is 12.5. The standard InChI is InChI=1S/C37H30F3NO3S/c1-35(2)27-21-13-11-19-25(27)29-31(35)33(41(23-15-7-5-8-16-23)24-17-9-6-10-18-24)32-30(34(29)44-45(42,43)37(38,39)40)26-20-12-14-22-28(26)36(32,3)4/h5-22H,1-4H3. The van der Waals surface area contributed by atoms with E-state index in [1.54, 1.807) is 0 Å². The molecule has 8 heteroatoms. The first-order chi connectivity index (χ1) is 21.3. The van der Waals surface area contributed by atoms with Gasteiger partial charge in [0.25, 0.3) is 0 Å². The van der Waals surface area contributed by atoms with Crippen LogP contribution >= 0.6 is 0 Å². The molecule has 5 aromatic rings. The van der Waals surface area contributed by atoms with E-state index in [4.69, 9.17) is 4.18 Å². The third-order valence-corrected chi connectivity index (χ3v) is 10.1. The highest BCUT2D eigenvalue weighted by atomic mass is 32.2. The van der Waals surface area contributed by atoms with E-state index in [9.17, 15) is 21.6 Å². The maximum Gasteiger partial charge on any atom is 0.534 e. The van der Waals surface area contributed by atoms with E-state index in [0.717, 1.165) is 28.2 Å². The van der Waals surface area contributed by atoms with Crippen molar-refractivity contribution in [2.75, 3.05) is 4.90 Å². The van der Waals surface area contributed by atoms with E-state index < -0.39 is 26.5 Å². The highest BCUT2D eigenvalue weighted by Gasteiger charge is 2.53. The van der Waals surface area contributed by atoms with E-state index in [1.807, 2.05) is 137 Å². The lowest BCUT2D eigenvalue weighted by Gasteiger charge is -2.37. The van der Waals surface area contributed by atoms with Crippen molar-refractivity contribution in [3.05, 3.63) is 131 Å². The number of hydrogen-bond acceptors (Lipinski definition) is 4. The Kier molecular flexibility index (Phi) is 6.30. The number of halogens is 3. The third kappa shape index (κ3) is 4.15. The van der Waals surface area contributed by atoms with Crippen LogP contribution in [0.5, 0.6) is 5.75 Å². The van der Waals surface area contributed by atoms with Gasteiger partial charge in [-0.2, -0.15) is 21.6 Å². The van der Waals surface area contributed by atoms with E-state index >= 15 is 0 Å². The third-order valence-electron chi connectivity index (χ3n) is 9.15. The first-order valence-corrected chi connectivity index (χ1v) is 16.0. The van der Waals surface area contributed by atoms with Crippen LogP contribution < -0.4 is 9.08 Å². The zero-order valence-corrected chi connectivity index (χ0v) is 25.9. The van der Waals surface area contributed by atoms with Crippen LogP contribution in [0.1, 0.15) is 49.9 Å². The number of hydrogen-bond donors (Lipinski definition) is 0. The molecule has 0 amide bonds. The Hall–Kier alpha value is -4.56. The van der Waals surface area contributed by atoms with E-state index in [1.165, 1.54) is 0 Å². The van der Waals surface area contributed by atoms with Crippen molar-refractivity contribution in [3.63, 3.8) is 0 Å². The number of benzene rings is 5. The molecular weight excluding hydrogens is 595 g/mol. The fraction of sp³-hybridized carbons (Fsp3) is 0.189. The molecule has 0 saturated carbocycles. The number of rotatable bonds is 5. The summed E-state index contributed by atoms with van der Waals surface area (Å²) in [6.45, 7) is 8.11. The number of fused-ring (bicyclic) bond motifs is 6. The Morgan fingerprint density at radius 2 is 0.978 bits per heavy atom. The van der Waals surface area contributed by atoms with Crippen molar-refractivity contribution in [1.29, 1.82) is 0 Å². The zero-order chi connectivity index (χ0) is 31.9. The molecular formula is C37H30F3NO3S. The van der Waals surface area contributed by atoms with Gasteiger partial charge in [0, 0.05) is 33.3 Å². The minimum absolute atomic E-state index is 0.293. The molecule has 0 heterocycles. The molecule has 0 unspecified atom stereocenters. The molecule has 7 rings (SSSR count). The normalized spacial score (nSPS) is 15.5. The van der Waals surface area contributed by atoms with Gasteiger partial charge in [0.1, 0.15) is 0 Å². The molecule has 45 heavy (non-hydrogen) atoms. The van der Waals surface area contributed by atoms with Gasteiger partial charge in [-0.15, -0.1) is 0 Å². The fourth-order valence-electron chi connectivity index (χ4n) is 7.23. The van der Waals surface area contributed by atoms with E-state index in [2.05, 4.69) is 4.90 Å². The van der Waals surface area contributed by atoms with Crippen molar-refractivity contribution in [2.45, 2.75) is 44.0 Å². The van der Waals surface area contributed by atoms with E-state index in [0.29, 0.717) is 33.4 Å². The molecule has 4 nitrogen and oxygen atoms in total. The van der Waals surface area contributed by atoms with Gasteiger partial charge in [-0.1, -0.05) is 113 Å². The quantitative estimate of drug-likeness (QED) is 0.144. The van der Waals surface area contributed by atoms with Gasteiger partial charge in [-0.25, -0.2) is 0 Å². The summed E-state index contributed by atoms with van der Waals surface area (Å²) >= 11 is 0. The van der Waals surface area contributed by atoms with Crippen LogP contribution in [0.15, 0.2) is 109 Å². The molecule has 0 aromatic heterocycles. The van der Waals surface area contributed by atoms with Crippen molar-refractivity contribution < 1.29 is 25.8 Å². The van der Waals surface area contributed by atoms with Crippen LogP contribution in [-0.2, 0) is 20.9 Å². The Labute approximate surface area is 260 Å². The first kappa shape index (κ1) is 29.2. The molecule has 0 N–H and O–H groups in total. The summed E-state index contributed by atoms with van der Waals surface area (Å²) in [5.74, 6) is -0.293. The lowest BCUT2D eigenvalue weighted by Crippen LogP contribution is -2.29. The largest absolute Gasteiger partial charge is 0.534 e. The molecule has 228 valence electrons. The Morgan fingerprint density at radius 1 is 0.600 bits per heavy atom. The summed E-state index contributed by atoms with van der Waals surface area (Å²) in [6.07, 6.45) is 0. The van der Waals surface area contributed by atoms with E-state index in [-0.39, 0.29) is 5.75 Å². The van der Waals surface area contributed by atoms with Gasteiger partial charge < -0.3 is 9.08 Å². The van der Waals surface area contributed by atoms with Crippen molar-refractivity contribution >= 4 is 27.2 Å². The molecule has 0 bridgehead atoms. The van der Waals surface area contributed by atoms with Crippen LogP contribution in [0.3, 0.4) is 0 Å². The molecule has 2 aliphatic rings. The second-order valence-corrected chi connectivity index (χ2v) is 14.0. The highest BCUT2D eigenvalue weighted by molar-refractivity contribution is 7.88. The monoisotopic (exact) mass is 625 g/mol. The van der Waals surface area contributed by atoms with Gasteiger partial charge in [-0.3, -0.25) is 0 Å². The van der Waals surface area contributed by atoms with Crippen molar-refractivity contribution in [1.82, 2.24) is 0 Å². The van der Waals surface area contributed by atoms with Gasteiger partial charge in [0.05, 0.1) is 5.69 Å². The molecule has 2 aliphatic carbocycles. The molecule has 5 aromatic carbocycles. The van der Waals surface area contributed by atoms with Crippen molar-refractivity contribution in [3.8, 4) is 28.0 Å². The number of para-hydroxylation sites is 2. The lowest BCUT2D eigenvalue weighted by atomic mass is 9.75. The summed E-state index contributed by atoms with van der Waals surface area (Å²) in [6, 6.07) is 34.5. The number of nitrogens with zero attached hydrogens (tertiary/aromatic N) is 1. The summed E-state index contributed by atoms with van der Waals surface area (Å²) in [4.78, 5) is 2.14. The smallest absolute Gasteiger partial charge is 0.375 e. The minimum atomic E-state index is -6.02. The van der Waals surface area contributed by atoms with Crippen molar-refractivity contribution in [2.24, 2.45) is 0 Å². The number of alkyl halides is 3. The van der Waals surface area contributed by atoms with Gasteiger partial charge in [0.15, 0.2) is 5.75 Å². The van der Waals surface area contributed by atoms with Crippen LogP contribution in [0, 0.1) is 0 Å². The predicted molar refractivity (Wildman–Crippen MR) is 172 cm³/mol. The van der Waals surface area contributed by atoms with Gasteiger partial charge in [0.2, 0.25) is 0 Å². The van der Waals surface area contributed by atoms with Crippen LogP contribution in [0.4, 0.5) is 30.2 Å². The molecule has 0 saturated heterocycles. The molecule has 0 radical (unpaired) electrons. The number of anilines is 3. The summed E-state index contributed by atoms with van der Waals surface area (Å²) in [5, 5.41) is 0. The van der Waals surface area contributed by atoms with Crippen LogP contribution in [0.2, 0.25) is 0 Å². The first-order valence-electron chi connectivity index (χ1n) is 14.6. The van der Waals surface area contributed by atoms with Crippen LogP contribution in [-0.4, -0.2) is 13.9 Å². The SMILES string of the molecule is CC1(C)c2ccccc2-c2c(OS(=O)(=O)C(F)(F)F)c3c(c(N(c4ccccc4)c4ccccc4)c21)C(C)(C)c1ccccc1-3. The average Bonchev–Trinajstić information content (AvgIpc) is 3.39.